The zero-order valence-corrected chi connectivity index (χ0v) is 12.8. The monoisotopic (exact) mass is 302 g/mol. The van der Waals surface area contributed by atoms with Crippen molar-refractivity contribution in [2.75, 3.05) is 13.2 Å². The number of terminal acetylenes is 1. The van der Waals surface area contributed by atoms with Gasteiger partial charge in [0.1, 0.15) is 12.4 Å². The van der Waals surface area contributed by atoms with E-state index in [1.807, 2.05) is 31.2 Å². The first-order valence-corrected chi connectivity index (χ1v) is 7.40. The van der Waals surface area contributed by atoms with Crippen molar-refractivity contribution < 1.29 is 14.6 Å². The van der Waals surface area contributed by atoms with E-state index in [9.17, 15) is 9.90 Å². The molecular formula is C17H22N2O3. The number of aliphatic hydroxyl groups excluding tert-OH is 1. The van der Waals surface area contributed by atoms with E-state index in [1.54, 1.807) is 0 Å². The Morgan fingerprint density at radius 3 is 2.86 bits per heavy atom. The number of ether oxygens (including phenoxy) is 1. The van der Waals surface area contributed by atoms with Gasteiger partial charge in [-0.05, 0) is 31.7 Å². The summed E-state index contributed by atoms with van der Waals surface area (Å²) in [4.78, 5) is 12.0. The predicted molar refractivity (Wildman–Crippen MR) is 84.4 cm³/mol. The van der Waals surface area contributed by atoms with Gasteiger partial charge in [-0.3, -0.25) is 0 Å². The van der Waals surface area contributed by atoms with Gasteiger partial charge < -0.3 is 20.5 Å². The highest BCUT2D eigenvalue weighted by Crippen LogP contribution is 2.39. The van der Waals surface area contributed by atoms with Crippen molar-refractivity contribution in [3.8, 4) is 18.1 Å². The lowest BCUT2D eigenvalue weighted by molar-refractivity contribution is 0.155. The fourth-order valence-electron chi connectivity index (χ4n) is 2.38. The summed E-state index contributed by atoms with van der Waals surface area (Å²) in [6.45, 7) is 2.33. The number of rotatable bonds is 7. The van der Waals surface area contributed by atoms with Crippen LogP contribution in [0.25, 0.3) is 0 Å². The molecule has 0 heterocycles. The molecule has 0 saturated heterocycles. The summed E-state index contributed by atoms with van der Waals surface area (Å²) in [6.07, 6.45) is 7.27. The van der Waals surface area contributed by atoms with Gasteiger partial charge in [-0.1, -0.05) is 24.1 Å². The minimum atomic E-state index is -0.552. The third-order valence-electron chi connectivity index (χ3n) is 3.93. The van der Waals surface area contributed by atoms with Crippen LogP contribution in [0.1, 0.15) is 25.3 Å². The largest absolute Gasteiger partial charge is 0.481 e. The van der Waals surface area contributed by atoms with Gasteiger partial charge in [-0.25, -0.2) is 4.79 Å². The number of benzene rings is 1. The maximum atomic E-state index is 12.0. The van der Waals surface area contributed by atoms with Crippen LogP contribution in [0.4, 0.5) is 4.79 Å². The lowest BCUT2D eigenvalue weighted by Gasteiger charge is -2.28. The summed E-state index contributed by atoms with van der Waals surface area (Å²) in [5, 5.41) is 15.2. The summed E-state index contributed by atoms with van der Waals surface area (Å²) < 4.78 is 5.44. The van der Waals surface area contributed by atoms with Crippen LogP contribution in [-0.2, 0) is 6.54 Å². The van der Waals surface area contributed by atoms with Crippen molar-refractivity contribution in [1.82, 2.24) is 10.6 Å². The number of hydrogen-bond donors (Lipinski definition) is 3. The number of carbonyl (C=O) groups excluding carboxylic acids is 1. The minimum Gasteiger partial charge on any atom is -0.481 e. The van der Waals surface area contributed by atoms with Crippen molar-refractivity contribution in [2.45, 2.75) is 31.8 Å². The molecule has 1 aliphatic rings. The molecule has 1 fully saturated rings. The summed E-state index contributed by atoms with van der Waals surface area (Å²) in [5.41, 5.74) is 0.300. The topological polar surface area (TPSA) is 70.6 Å². The van der Waals surface area contributed by atoms with Gasteiger partial charge in [0.2, 0.25) is 0 Å². The van der Waals surface area contributed by atoms with Gasteiger partial charge in [0.25, 0.3) is 0 Å². The van der Waals surface area contributed by atoms with Crippen molar-refractivity contribution in [3.05, 3.63) is 29.8 Å². The fraction of sp³-hybridized carbons (Fsp3) is 0.471. The van der Waals surface area contributed by atoms with Crippen molar-refractivity contribution in [1.29, 1.82) is 0 Å². The van der Waals surface area contributed by atoms with E-state index >= 15 is 0 Å². The Morgan fingerprint density at radius 2 is 2.23 bits per heavy atom. The fourth-order valence-corrected chi connectivity index (χ4v) is 2.38. The average molecular weight is 302 g/mol. The predicted octanol–water partition coefficient (Wildman–Crippen LogP) is 1.66. The number of urea groups is 1. The molecular weight excluding hydrogens is 280 g/mol. The van der Waals surface area contributed by atoms with Crippen LogP contribution in [-0.4, -0.2) is 29.9 Å². The van der Waals surface area contributed by atoms with E-state index in [4.69, 9.17) is 11.2 Å². The van der Waals surface area contributed by atoms with Crippen LogP contribution in [0.15, 0.2) is 24.3 Å². The Labute approximate surface area is 131 Å². The van der Waals surface area contributed by atoms with Crippen molar-refractivity contribution >= 4 is 6.03 Å². The van der Waals surface area contributed by atoms with Crippen LogP contribution < -0.4 is 15.4 Å². The zero-order chi connectivity index (χ0) is 16.0. The Balaban J connectivity index is 1.90. The van der Waals surface area contributed by atoms with Gasteiger partial charge in [0.15, 0.2) is 0 Å². The molecule has 1 aromatic rings. The van der Waals surface area contributed by atoms with E-state index in [0.29, 0.717) is 18.2 Å². The van der Waals surface area contributed by atoms with Crippen molar-refractivity contribution in [2.24, 2.45) is 5.92 Å². The molecule has 0 radical (unpaired) electrons. The molecule has 1 aliphatic carbocycles. The Morgan fingerprint density at radius 1 is 1.50 bits per heavy atom. The maximum Gasteiger partial charge on any atom is 0.315 e. The highest BCUT2D eigenvalue weighted by Gasteiger charge is 2.42. The molecule has 0 aromatic heterocycles. The normalized spacial score (nSPS) is 16.2. The molecule has 0 spiro atoms. The molecule has 1 atom stereocenters. The van der Waals surface area contributed by atoms with Gasteiger partial charge in [-0.2, -0.15) is 0 Å². The molecule has 1 aromatic carbocycles. The first-order valence-electron chi connectivity index (χ1n) is 7.40. The number of amides is 2. The minimum absolute atomic E-state index is 0.0625. The second kappa shape index (κ2) is 7.19. The number of para-hydroxylation sites is 1. The average Bonchev–Trinajstić information content (AvgIpc) is 3.37. The molecule has 118 valence electrons. The molecule has 0 bridgehead atoms. The van der Waals surface area contributed by atoms with Crippen molar-refractivity contribution in [3.63, 3.8) is 0 Å². The van der Waals surface area contributed by atoms with E-state index in [1.165, 1.54) is 0 Å². The SMILES string of the molecule is C#CCOc1ccccc1CNC(=O)N[C@@](C)(CO)C1CC1. The zero-order valence-electron chi connectivity index (χ0n) is 12.8. The highest BCUT2D eigenvalue weighted by atomic mass is 16.5. The van der Waals surface area contributed by atoms with E-state index in [2.05, 4.69) is 16.6 Å². The summed E-state index contributed by atoms with van der Waals surface area (Å²) in [6, 6.07) is 7.12. The molecule has 2 amide bonds. The maximum absolute atomic E-state index is 12.0. The molecule has 0 aliphatic heterocycles. The number of hydrogen-bond acceptors (Lipinski definition) is 3. The third-order valence-corrected chi connectivity index (χ3v) is 3.93. The molecule has 22 heavy (non-hydrogen) atoms. The molecule has 3 N–H and O–H groups in total. The van der Waals surface area contributed by atoms with Gasteiger partial charge in [0.05, 0.1) is 12.1 Å². The van der Waals surface area contributed by atoms with Gasteiger partial charge in [0, 0.05) is 12.1 Å². The van der Waals surface area contributed by atoms with Gasteiger partial charge in [-0.15, -0.1) is 6.42 Å². The molecule has 5 heteroatoms. The lowest BCUT2D eigenvalue weighted by atomic mass is 9.97. The number of carbonyl (C=O) groups is 1. The molecule has 2 rings (SSSR count). The third kappa shape index (κ3) is 4.15. The number of aliphatic hydroxyl groups is 1. The van der Waals surface area contributed by atoms with Gasteiger partial charge >= 0.3 is 6.03 Å². The Bertz CT molecular complexity index is 563. The van der Waals surface area contributed by atoms with Crippen LogP contribution in [0.2, 0.25) is 0 Å². The first-order chi connectivity index (χ1) is 10.6. The lowest BCUT2D eigenvalue weighted by Crippen LogP contribution is -2.53. The van der Waals surface area contributed by atoms with Crippen LogP contribution in [0.3, 0.4) is 0 Å². The standard InChI is InChI=1S/C17H22N2O3/c1-3-10-22-15-7-5-4-6-13(15)11-18-16(21)19-17(2,12-20)14-8-9-14/h1,4-7,14,20H,8-12H2,2H3,(H2,18,19,21)/t17-/m0/s1. The smallest absolute Gasteiger partial charge is 0.315 e. The Hall–Kier alpha value is -2.19. The van der Waals surface area contributed by atoms with E-state index in [0.717, 1.165) is 18.4 Å². The molecule has 5 nitrogen and oxygen atoms in total. The second-order valence-corrected chi connectivity index (χ2v) is 5.76. The Kier molecular flexibility index (Phi) is 5.29. The van der Waals surface area contributed by atoms with E-state index in [-0.39, 0.29) is 19.2 Å². The molecule has 1 saturated carbocycles. The highest BCUT2D eigenvalue weighted by molar-refractivity contribution is 5.75. The summed E-state index contributed by atoms with van der Waals surface area (Å²) in [5.74, 6) is 3.43. The quantitative estimate of drug-likeness (QED) is 0.671. The number of nitrogens with one attached hydrogen (secondary N) is 2. The summed E-state index contributed by atoms with van der Waals surface area (Å²) >= 11 is 0. The molecule has 0 unspecified atom stereocenters. The van der Waals surface area contributed by atoms with Crippen LogP contribution in [0.5, 0.6) is 5.75 Å². The second-order valence-electron chi connectivity index (χ2n) is 5.76. The van der Waals surface area contributed by atoms with Crippen LogP contribution in [0, 0.1) is 18.3 Å². The first kappa shape index (κ1) is 16.2. The van der Waals surface area contributed by atoms with E-state index < -0.39 is 5.54 Å². The van der Waals surface area contributed by atoms with Crippen LogP contribution >= 0.6 is 0 Å². The summed E-state index contributed by atoms with van der Waals surface area (Å²) in [7, 11) is 0.